The number of rotatable bonds is 4. The van der Waals surface area contributed by atoms with Gasteiger partial charge in [0.25, 0.3) is 5.56 Å². The molecule has 0 aliphatic carbocycles. The average molecular weight is 386 g/mol. The SMILES string of the molecule is CNc1nnc(-c2nn(-c3ccc(OC)cc3)c(=O)c3c(N)scc23)s1. The predicted octanol–water partition coefficient (Wildman–Crippen LogP) is 2.60. The van der Waals surface area contributed by atoms with Crippen LogP contribution >= 0.6 is 22.7 Å². The molecule has 4 aromatic rings. The van der Waals surface area contributed by atoms with Crippen LogP contribution in [0.2, 0.25) is 0 Å². The highest BCUT2D eigenvalue weighted by atomic mass is 32.1. The fraction of sp³-hybridized carbons (Fsp3) is 0.125. The molecule has 0 bridgehead atoms. The number of hydrogen-bond acceptors (Lipinski definition) is 9. The van der Waals surface area contributed by atoms with Gasteiger partial charge in [0.15, 0.2) is 5.01 Å². The standard InChI is InChI=1S/C16H14N6O2S2/c1-18-16-20-19-14(26-16)12-10-7-25-13(17)11(10)15(23)22(21-12)8-3-5-9(24-2)6-4-8/h3-7H,17H2,1-2H3,(H,18,20). The van der Waals surface area contributed by atoms with E-state index in [0.29, 0.717) is 43.0 Å². The lowest BCUT2D eigenvalue weighted by Gasteiger charge is -2.08. The van der Waals surface area contributed by atoms with Gasteiger partial charge in [0, 0.05) is 17.8 Å². The largest absolute Gasteiger partial charge is 0.497 e. The topological polar surface area (TPSA) is 108 Å². The van der Waals surface area contributed by atoms with Gasteiger partial charge < -0.3 is 15.8 Å². The molecule has 0 radical (unpaired) electrons. The van der Waals surface area contributed by atoms with Crippen LogP contribution in [0.5, 0.6) is 5.75 Å². The van der Waals surface area contributed by atoms with Gasteiger partial charge in [0.05, 0.1) is 23.2 Å². The molecule has 0 spiro atoms. The van der Waals surface area contributed by atoms with Crippen LogP contribution in [0.1, 0.15) is 0 Å². The van der Waals surface area contributed by atoms with Crippen molar-refractivity contribution in [1.29, 1.82) is 0 Å². The van der Waals surface area contributed by atoms with E-state index in [-0.39, 0.29) is 5.56 Å². The number of nitrogen functional groups attached to an aromatic ring is 1. The van der Waals surface area contributed by atoms with E-state index in [9.17, 15) is 4.79 Å². The van der Waals surface area contributed by atoms with Gasteiger partial charge >= 0.3 is 0 Å². The lowest BCUT2D eigenvalue weighted by molar-refractivity contribution is 0.414. The summed E-state index contributed by atoms with van der Waals surface area (Å²) < 4.78 is 6.50. The molecular weight excluding hydrogens is 372 g/mol. The molecule has 8 nitrogen and oxygen atoms in total. The van der Waals surface area contributed by atoms with Crippen molar-refractivity contribution in [3.8, 4) is 22.1 Å². The minimum Gasteiger partial charge on any atom is -0.497 e. The summed E-state index contributed by atoms with van der Waals surface area (Å²) in [4.78, 5) is 13.0. The Hall–Kier alpha value is -2.98. The maximum Gasteiger partial charge on any atom is 0.282 e. The molecule has 10 heteroatoms. The van der Waals surface area contributed by atoms with Gasteiger partial charge in [-0.2, -0.15) is 9.78 Å². The third-order valence-corrected chi connectivity index (χ3v) is 5.60. The smallest absolute Gasteiger partial charge is 0.282 e. The van der Waals surface area contributed by atoms with Gasteiger partial charge in [0.1, 0.15) is 11.4 Å². The molecule has 0 aliphatic rings. The van der Waals surface area contributed by atoms with Crippen molar-refractivity contribution < 1.29 is 4.74 Å². The Kier molecular flexibility index (Phi) is 4.05. The maximum absolute atomic E-state index is 13.0. The second kappa shape index (κ2) is 6.39. The highest BCUT2D eigenvalue weighted by Gasteiger charge is 2.19. The van der Waals surface area contributed by atoms with E-state index >= 15 is 0 Å². The van der Waals surface area contributed by atoms with Crippen molar-refractivity contribution in [2.45, 2.75) is 0 Å². The number of thiophene rings is 1. The van der Waals surface area contributed by atoms with E-state index in [4.69, 9.17) is 10.5 Å². The summed E-state index contributed by atoms with van der Waals surface area (Å²) >= 11 is 2.67. The second-order valence-corrected chi connectivity index (χ2v) is 7.20. The maximum atomic E-state index is 13.0. The van der Waals surface area contributed by atoms with Gasteiger partial charge in [-0.3, -0.25) is 4.79 Å². The molecule has 0 saturated heterocycles. The van der Waals surface area contributed by atoms with Crippen LogP contribution < -0.4 is 21.3 Å². The summed E-state index contributed by atoms with van der Waals surface area (Å²) in [5.74, 6) is 0.695. The Bertz CT molecular complexity index is 1150. The normalized spacial score (nSPS) is 11.0. The summed E-state index contributed by atoms with van der Waals surface area (Å²) in [5.41, 5.74) is 6.97. The monoisotopic (exact) mass is 386 g/mol. The average Bonchev–Trinajstić information content (AvgIpc) is 3.30. The molecule has 4 rings (SSSR count). The van der Waals surface area contributed by atoms with Crippen LogP contribution in [0.4, 0.5) is 10.1 Å². The quantitative estimate of drug-likeness (QED) is 0.555. The highest BCUT2D eigenvalue weighted by Crippen LogP contribution is 2.34. The molecule has 1 aromatic carbocycles. The molecule has 0 aliphatic heterocycles. The Morgan fingerprint density at radius 2 is 2.00 bits per heavy atom. The third kappa shape index (κ3) is 2.59. The van der Waals surface area contributed by atoms with Crippen molar-refractivity contribution in [3.05, 3.63) is 40.0 Å². The predicted molar refractivity (Wildman–Crippen MR) is 105 cm³/mol. The molecule has 0 saturated carbocycles. The zero-order valence-corrected chi connectivity index (χ0v) is 15.5. The molecule has 3 aromatic heterocycles. The summed E-state index contributed by atoms with van der Waals surface area (Å²) in [6.45, 7) is 0. The Balaban J connectivity index is 1.99. The van der Waals surface area contributed by atoms with Gasteiger partial charge in [-0.15, -0.1) is 21.5 Å². The highest BCUT2D eigenvalue weighted by molar-refractivity contribution is 7.18. The minimum absolute atomic E-state index is 0.272. The molecule has 132 valence electrons. The lowest BCUT2D eigenvalue weighted by atomic mass is 10.2. The van der Waals surface area contributed by atoms with E-state index in [1.807, 2.05) is 5.38 Å². The lowest BCUT2D eigenvalue weighted by Crippen LogP contribution is -2.22. The number of fused-ring (bicyclic) bond motifs is 1. The third-order valence-electron chi connectivity index (χ3n) is 3.84. The van der Waals surface area contributed by atoms with E-state index in [0.717, 1.165) is 0 Å². The number of nitrogens with one attached hydrogen (secondary N) is 1. The molecule has 0 unspecified atom stereocenters. The van der Waals surface area contributed by atoms with Crippen LogP contribution in [-0.4, -0.2) is 34.1 Å². The van der Waals surface area contributed by atoms with Crippen LogP contribution in [0.25, 0.3) is 27.2 Å². The molecular formula is C16H14N6O2S2. The van der Waals surface area contributed by atoms with Gasteiger partial charge in [-0.25, -0.2) is 0 Å². The molecule has 0 amide bonds. The molecule has 3 N–H and O–H groups in total. The van der Waals surface area contributed by atoms with Gasteiger partial charge in [-0.1, -0.05) is 11.3 Å². The summed E-state index contributed by atoms with van der Waals surface area (Å²) in [7, 11) is 3.36. The van der Waals surface area contributed by atoms with Crippen LogP contribution in [0.15, 0.2) is 34.4 Å². The Morgan fingerprint density at radius 1 is 1.23 bits per heavy atom. The van der Waals surface area contributed by atoms with E-state index in [1.165, 1.54) is 27.4 Å². The minimum atomic E-state index is -0.272. The second-order valence-electron chi connectivity index (χ2n) is 5.31. The van der Waals surface area contributed by atoms with Crippen LogP contribution in [-0.2, 0) is 0 Å². The first-order chi connectivity index (χ1) is 12.6. The number of nitrogens with zero attached hydrogens (tertiary/aromatic N) is 4. The zero-order valence-electron chi connectivity index (χ0n) is 13.9. The Labute approximate surface area is 155 Å². The van der Waals surface area contributed by atoms with Gasteiger partial charge in [0.2, 0.25) is 5.13 Å². The van der Waals surface area contributed by atoms with Crippen molar-refractivity contribution in [2.75, 3.05) is 25.2 Å². The van der Waals surface area contributed by atoms with Crippen LogP contribution in [0, 0.1) is 0 Å². The Morgan fingerprint density at radius 3 is 2.65 bits per heavy atom. The fourth-order valence-electron chi connectivity index (χ4n) is 2.55. The summed E-state index contributed by atoms with van der Waals surface area (Å²) in [6, 6.07) is 7.08. The van der Waals surface area contributed by atoms with Crippen molar-refractivity contribution in [2.24, 2.45) is 0 Å². The van der Waals surface area contributed by atoms with E-state index in [1.54, 1.807) is 38.4 Å². The number of nitrogens with two attached hydrogens (primary N) is 1. The summed E-state index contributed by atoms with van der Waals surface area (Å²) in [5, 5.41) is 20.4. The molecule has 3 heterocycles. The number of methoxy groups -OCH3 is 1. The van der Waals surface area contributed by atoms with Crippen LogP contribution in [0.3, 0.4) is 0 Å². The first-order valence-corrected chi connectivity index (χ1v) is 9.28. The molecule has 0 fully saturated rings. The van der Waals surface area contributed by atoms with Crippen molar-refractivity contribution in [1.82, 2.24) is 20.0 Å². The number of benzene rings is 1. The number of hydrogen-bond donors (Lipinski definition) is 2. The first-order valence-electron chi connectivity index (χ1n) is 7.58. The van der Waals surface area contributed by atoms with Crippen molar-refractivity contribution in [3.63, 3.8) is 0 Å². The van der Waals surface area contributed by atoms with Crippen molar-refractivity contribution >= 4 is 43.6 Å². The summed E-state index contributed by atoms with van der Waals surface area (Å²) in [6.07, 6.45) is 0. The van der Waals surface area contributed by atoms with Gasteiger partial charge in [-0.05, 0) is 24.3 Å². The molecule has 0 atom stereocenters. The fourth-order valence-corrected chi connectivity index (χ4v) is 4.03. The number of ether oxygens (including phenoxy) is 1. The number of aromatic nitrogens is 4. The molecule has 26 heavy (non-hydrogen) atoms. The van der Waals surface area contributed by atoms with E-state index in [2.05, 4.69) is 20.6 Å². The number of anilines is 2. The first kappa shape index (κ1) is 16.5. The zero-order chi connectivity index (χ0) is 18.3. The van der Waals surface area contributed by atoms with E-state index < -0.39 is 0 Å².